The summed E-state index contributed by atoms with van der Waals surface area (Å²) < 4.78 is 2.44. The van der Waals surface area contributed by atoms with Crippen molar-refractivity contribution < 1.29 is 0 Å². The number of hydrogen-bond donors (Lipinski definition) is 0. The van der Waals surface area contributed by atoms with Crippen LogP contribution in [-0.2, 0) is 10.8 Å². The van der Waals surface area contributed by atoms with E-state index < -0.39 is 5.41 Å². The molecule has 0 amide bonds. The number of nitrogens with zero attached hydrogens (tertiary/aromatic N) is 4. The van der Waals surface area contributed by atoms with Gasteiger partial charge in [-0.3, -0.25) is 4.57 Å². The average Bonchev–Trinajstić information content (AvgIpc) is 3.94. The molecule has 2 aliphatic rings. The highest BCUT2D eigenvalue weighted by atomic mass is 15.1. The molecule has 300 valence electrons. The smallest absolute Gasteiger partial charge is 0.162 e. The van der Waals surface area contributed by atoms with Crippen LogP contribution in [-0.4, -0.2) is 14.5 Å². The van der Waals surface area contributed by atoms with Crippen LogP contribution in [0.25, 0.3) is 61.8 Å². The summed E-state index contributed by atoms with van der Waals surface area (Å²) in [6, 6.07) is 76.9. The molecule has 1 atom stereocenters. The first-order valence-electron chi connectivity index (χ1n) is 21.8. The molecule has 0 N–H and O–H groups in total. The van der Waals surface area contributed by atoms with Crippen LogP contribution in [0.1, 0.15) is 48.6 Å². The van der Waals surface area contributed by atoms with E-state index in [0.717, 1.165) is 50.9 Å². The van der Waals surface area contributed by atoms with E-state index >= 15 is 0 Å². The molecule has 63 heavy (non-hydrogen) atoms. The predicted molar refractivity (Wildman–Crippen MR) is 259 cm³/mol. The second kappa shape index (κ2) is 14.1. The lowest BCUT2D eigenvalue weighted by molar-refractivity contribution is 0.588. The molecule has 1 spiro atoms. The van der Waals surface area contributed by atoms with E-state index in [-0.39, 0.29) is 5.41 Å². The fraction of sp³-hybridized carbons (Fsp3) is 0.0847. The summed E-state index contributed by atoms with van der Waals surface area (Å²) in [6.45, 7) is 6.96. The van der Waals surface area contributed by atoms with Crippen molar-refractivity contribution >= 4 is 28.0 Å². The molecule has 0 bridgehead atoms. The van der Waals surface area contributed by atoms with Crippen molar-refractivity contribution in [3.8, 4) is 50.8 Å². The second-order valence-corrected chi connectivity index (χ2v) is 17.8. The largest absolute Gasteiger partial charge is 0.310 e. The van der Waals surface area contributed by atoms with Crippen molar-refractivity contribution in [2.45, 2.75) is 31.6 Å². The molecule has 1 unspecified atom stereocenters. The van der Waals surface area contributed by atoms with E-state index in [0.29, 0.717) is 5.82 Å². The Kier molecular flexibility index (Phi) is 8.29. The van der Waals surface area contributed by atoms with Crippen LogP contribution in [0, 0.1) is 0 Å². The molecule has 0 saturated carbocycles. The average molecular weight is 809 g/mol. The number of aromatic nitrogens is 3. The number of para-hydroxylation sites is 2. The Labute approximate surface area is 368 Å². The second-order valence-electron chi connectivity index (χ2n) is 17.8. The van der Waals surface area contributed by atoms with Gasteiger partial charge in [0.25, 0.3) is 0 Å². The van der Waals surface area contributed by atoms with Crippen LogP contribution < -0.4 is 4.90 Å². The maximum absolute atomic E-state index is 5.52. The maximum Gasteiger partial charge on any atom is 0.162 e. The minimum atomic E-state index is -0.608. The van der Waals surface area contributed by atoms with Gasteiger partial charge in [-0.25, -0.2) is 9.97 Å². The molecule has 0 fully saturated rings. The quantitative estimate of drug-likeness (QED) is 0.168. The Hall–Kier alpha value is -7.82. The zero-order valence-electron chi connectivity index (χ0n) is 35.5. The van der Waals surface area contributed by atoms with Crippen molar-refractivity contribution in [3.63, 3.8) is 0 Å². The third-order valence-electron chi connectivity index (χ3n) is 13.2. The SMILES string of the molecule is CC(C)(C)c1ccc2c(c1)C1(c3ccccc3-2)c2ccccc2-c2c1c1cc(N(c3ccccc3)c3ccccc3)ccc1n2-c1cc(-c2ccccc2)nc(-c2ccccc2)n1. The minimum Gasteiger partial charge on any atom is -0.310 e. The maximum atomic E-state index is 5.52. The third-order valence-corrected chi connectivity index (χ3v) is 13.2. The number of hydrogen-bond acceptors (Lipinski definition) is 3. The van der Waals surface area contributed by atoms with Crippen LogP contribution in [0.2, 0.25) is 0 Å². The predicted octanol–water partition coefficient (Wildman–Crippen LogP) is 14.9. The standard InChI is InChI=1S/C59H44N4/c1-58(2,3)41-32-34-46-45-28-16-18-30-49(45)59(51(46)36-41)50-31-19-17-29-47(50)56-55(59)48-37-44(62(42-24-12-6-13-25-42)43-26-14-7-15-27-43)33-35-53(48)63(56)54-38-52(39-20-8-4-9-21-39)60-57(61-54)40-22-10-5-11-23-40/h4-38H,1-3H3. The molecule has 2 heterocycles. The van der Waals surface area contributed by atoms with E-state index in [1.54, 1.807) is 0 Å². The first-order valence-corrected chi connectivity index (χ1v) is 21.8. The van der Waals surface area contributed by atoms with Gasteiger partial charge in [0.05, 0.1) is 22.3 Å². The molecule has 2 aromatic heterocycles. The van der Waals surface area contributed by atoms with Gasteiger partial charge < -0.3 is 4.90 Å². The van der Waals surface area contributed by atoms with Gasteiger partial charge in [-0.15, -0.1) is 0 Å². The lowest BCUT2D eigenvalue weighted by Gasteiger charge is -2.32. The number of anilines is 3. The van der Waals surface area contributed by atoms with E-state index in [1.807, 2.05) is 6.07 Å². The summed E-state index contributed by atoms with van der Waals surface area (Å²) in [4.78, 5) is 13.1. The Morgan fingerprint density at radius 2 is 1.02 bits per heavy atom. The Bertz CT molecular complexity index is 3270. The molecule has 12 rings (SSSR count). The van der Waals surface area contributed by atoms with Crippen molar-refractivity contribution in [3.05, 3.63) is 240 Å². The molecule has 10 aromatic rings. The molecular formula is C59H44N4. The Morgan fingerprint density at radius 1 is 0.460 bits per heavy atom. The van der Waals surface area contributed by atoms with Crippen molar-refractivity contribution in [2.75, 3.05) is 4.90 Å². The summed E-state index contributed by atoms with van der Waals surface area (Å²) in [5, 5.41) is 1.18. The Balaban J connectivity index is 1.25. The van der Waals surface area contributed by atoms with Gasteiger partial charge in [0.1, 0.15) is 5.82 Å². The minimum absolute atomic E-state index is 0.0539. The van der Waals surface area contributed by atoms with Gasteiger partial charge in [-0.05, 0) is 81.3 Å². The topological polar surface area (TPSA) is 34.0 Å². The van der Waals surface area contributed by atoms with E-state index in [9.17, 15) is 0 Å². The van der Waals surface area contributed by atoms with E-state index in [4.69, 9.17) is 9.97 Å². The number of rotatable bonds is 6. The molecular weight excluding hydrogens is 765 g/mol. The molecule has 4 heteroatoms. The highest BCUT2D eigenvalue weighted by Crippen LogP contribution is 2.65. The third kappa shape index (κ3) is 5.61. The molecule has 4 nitrogen and oxygen atoms in total. The van der Waals surface area contributed by atoms with Crippen molar-refractivity contribution in [2.24, 2.45) is 0 Å². The summed E-state index contributed by atoms with van der Waals surface area (Å²) in [7, 11) is 0. The first kappa shape index (κ1) is 37.0. The molecule has 2 aliphatic carbocycles. The van der Waals surface area contributed by atoms with Gasteiger partial charge in [-0.2, -0.15) is 0 Å². The summed E-state index contributed by atoms with van der Waals surface area (Å²) >= 11 is 0. The van der Waals surface area contributed by atoms with Crippen molar-refractivity contribution in [1.29, 1.82) is 0 Å². The van der Waals surface area contributed by atoms with Gasteiger partial charge in [-0.1, -0.05) is 185 Å². The van der Waals surface area contributed by atoms with Gasteiger partial charge >= 0.3 is 0 Å². The van der Waals surface area contributed by atoms with Crippen molar-refractivity contribution in [1.82, 2.24) is 14.5 Å². The van der Waals surface area contributed by atoms with Crippen LogP contribution in [0.15, 0.2) is 212 Å². The molecule has 0 saturated heterocycles. The van der Waals surface area contributed by atoms with Crippen LogP contribution in [0.4, 0.5) is 17.1 Å². The molecule has 0 aliphatic heterocycles. The van der Waals surface area contributed by atoms with Gasteiger partial charge in [0.2, 0.25) is 0 Å². The lowest BCUT2D eigenvalue weighted by atomic mass is 9.69. The lowest BCUT2D eigenvalue weighted by Crippen LogP contribution is -2.26. The highest BCUT2D eigenvalue weighted by Gasteiger charge is 2.54. The zero-order chi connectivity index (χ0) is 42.3. The van der Waals surface area contributed by atoms with Crippen LogP contribution in [0.3, 0.4) is 0 Å². The molecule has 0 radical (unpaired) electrons. The summed E-state index contributed by atoms with van der Waals surface area (Å²) in [6.07, 6.45) is 0. The zero-order valence-corrected chi connectivity index (χ0v) is 35.5. The molecule has 8 aromatic carbocycles. The van der Waals surface area contributed by atoms with E-state index in [2.05, 4.69) is 236 Å². The normalized spacial score (nSPS) is 14.7. The number of benzene rings is 8. The highest BCUT2D eigenvalue weighted by molar-refractivity contribution is 6.06. The van der Waals surface area contributed by atoms with Gasteiger partial charge in [0.15, 0.2) is 5.82 Å². The summed E-state index contributed by atoms with van der Waals surface area (Å²) in [5.74, 6) is 1.51. The summed E-state index contributed by atoms with van der Waals surface area (Å²) in [5.41, 5.74) is 18.0. The van der Waals surface area contributed by atoms with Gasteiger partial charge in [0, 0.05) is 50.8 Å². The van der Waals surface area contributed by atoms with E-state index in [1.165, 1.54) is 49.9 Å². The monoisotopic (exact) mass is 808 g/mol. The Morgan fingerprint density at radius 3 is 1.67 bits per heavy atom. The fourth-order valence-corrected chi connectivity index (χ4v) is 10.4. The number of fused-ring (bicyclic) bond motifs is 12. The van der Waals surface area contributed by atoms with Crippen LogP contribution >= 0.6 is 0 Å². The fourth-order valence-electron chi connectivity index (χ4n) is 10.4. The van der Waals surface area contributed by atoms with Crippen LogP contribution in [0.5, 0.6) is 0 Å². The first-order chi connectivity index (χ1) is 30.9.